The highest BCUT2D eigenvalue weighted by atomic mass is 16.1. The first-order chi connectivity index (χ1) is 5.11. The van der Waals surface area contributed by atoms with E-state index in [1.165, 1.54) is 0 Å². The molecule has 0 N–H and O–H groups in total. The van der Waals surface area contributed by atoms with Crippen LogP contribution in [0.25, 0.3) is 0 Å². The first-order valence-electron chi connectivity index (χ1n) is 4.30. The molecule has 0 aromatic heterocycles. The molecule has 1 aliphatic rings. The van der Waals surface area contributed by atoms with Crippen LogP contribution in [0.4, 0.5) is 0 Å². The number of carbonyl (C=O) groups is 1. The van der Waals surface area contributed by atoms with Crippen LogP contribution < -0.4 is 0 Å². The molecule has 1 rings (SSSR count). The van der Waals surface area contributed by atoms with Gasteiger partial charge in [0.15, 0.2) is 0 Å². The van der Waals surface area contributed by atoms with Crippen molar-refractivity contribution in [3.05, 3.63) is 12.2 Å². The maximum atomic E-state index is 11.1. The Morgan fingerprint density at radius 1 is 1.36 bits per heavy atom. The zero-order chi connectivity index (χ0) is 8.43. The Kier molecular flexibility index (Phi) is 2.48. The van der Waals surface area contributed by atoms with E-state index in [4.69, 9.17) is 0 Å². The molecule has 1 heteroatoms. The lowest BCUT2D eigenvalue weighted by atomic mass is 9.79. The summed E-state index contributed by atoms with van der Waals surface area (Å²) in [4.78, 5) is 11.1. The SMILES string of the molecule is CC(=O)[C@H]1C[C@H](C)C=C[C@H]1C. The van der Waals surface area contributed by atoms with Gasteiger partial charge in [0.2, 0.25) is 0 Å². The minimum absolute atomic E-state index is 0.273. The molecule has 1 nitrogen and oxygen atoms in total. The number of carbonyl (C=O) groups excluding carboxylic acids is 1. The number of Topliss-reactive ketones (excluding diaryl/α,β-unsaturated/α-hetero) is 1. The number of rotatable bonds is 1. The summed E-state index contributed by atoms with van der Waals surface area (Å²) in [7, 11) is 0. The Bertz CT molecular complexity index is 181. The van der Waals surface area contributed by atoms with Crippen LogP contribution in [0.2, 0.25) is 0 Å². The molecule has 0 radical (unpaired) electrons. The highest BCUT2D eigenvalue weighted by molar-refractivity contribution is 5.79. The minimum atomic E-state index is 0.273. The van der Waals surface area contributed by atoms with Gasteiger partial charge in [-0.2, -0.15) is 0 Å². The van der Waals surface area contributed by atoms with Crippen molar-refractivity contribution < 1.29 is 4.79 Å². The van der Waals surface area contributed by atoms with Gasteiger partial charge in [-0.05, 0) is 25.2 Å². The summed E-state index contributed by atoms with van der Waals surface area (Å²) in [5.41, 5.74) is 0. The van der Waals surface area contributed by atoms with Crippen LogP contribution >= 0.6 is 0 Å². The van der Waals surface area contributed by atoms with E-state index >= 15 is 0 Å². The fourth-order valence-electron chi connectivity index (χ4n) is 1.73. The highest BCUT2D eigenvalue weighted by Gasteiger charge is 2.24. The van der Waals surface area contributed by atoms with Crippen LogP contribution in [0.1, 0.15) is 27.2 Å². The van der Waals surface area contributed by atoms with Gasteiger partial charge >= 0.3 is 0 Å². The van der Waals surface area contributed by atoms with Gasteiger partial charge in [0, 0.05) is 5.92 Å². The molecule has 0 amide bonds. The quantitative estimate of drug-likeness (QED) is 0.527. The fraction of sp³-hybridized carbons (Fsp3) is 0.700. The van der Waals surface area contributed by atoms with Crippen molar-refractivity contribution >= 4 is 5.78 Å². The second-order valence-corrected chi connectivity index (χ2v) is 3.67. The van der Waals surface area contributed by atoms with E-state index in [0.29, 0.717) is 17.6 Å². The molecule has 62 valence electrons. The van der Waals surface area contributed by atoms with Gasteiger partial charge in [-0.25, -0.2) is 0 Å². The van der Waals surface area contributed by atoms with E-state index in [9.17, 15) is 4.79 Å². The average molecular weight is 152 g/mol. The molecule has 11 heavy (non-hydrogen) atoms. The minimum Gasteiger partial charge on any atom is -0.300 e. The maximum absolute atomic E-state index is 11.1. The molecule has 0 heterocycles. The van der Waals surface area contributed by atoms with Gasteiger partial charge in [-0.3, -0.25) is 4.79 Å². The van der Waals surface area contributed by atoms with Gasteiger partial charge in [-0.15, -0.1) is 0 Å². The summed E-state index contributed by atoms with van der Waals surface area (Å²) < 4.78 is 0. The van der Waals surface area contributed by atoms with E-state index in [1.54, 1.807) is 6.92 Å². The van der Waals surface area contributed by atoms with Gasteiger partial charge in [0.25, 0.3) is 0 Å². The second-order valence-electron chi connectivity index (χ2n) is 3.67. The maximum Gasteiger partial charge on any atom is 0.133 e. The molecule has 0 aromatic carbocycles. The van der Waals surface area contributed by atoms with E-state index in [1.807, 2.05) is 0 Å². The monoisotopic (exact) mass is 152 g/mol. The predicted octanol–water partition coefficient (Wildman–Crippen LogP) is 2.42. The highest BCUT2D eigenvalue weighted by Crippen LogP contribution is 2.28. The molecule has 0 aromatic rings. The van der Waals surface area contributed by atoms with Crippen molar-refractivity contribution in [1.82, 2.24) is 0 Å². The average Bonchev–Trinajstić information content (AvgIpc) is 1.94. The summed E-state index contributed by atoms with van der Waals surface area (Å²) in [6, 6.07) is 0. The Balaban J connectivity index is 2.68. The van der Waals surface area contributed by atoms with Gasteiger partial charge < -0.3 is 0 Å². The van der Waals surface area contributed by atoms with Crippen LogP contribution in [0.5, 0.6) is 0 Å². The summed E-state index contributed by atoms with van der Waals surface area (Å²) in [6.45, 7) is 5.99. The van der Waals surface area contributed by atoms with Crippen molar-refractivity contribution in [3.63, 3.8) is 0 Å². The van der Waals surface area contributed by atoms with Crippen molar-refractivity contribution in [2.24, 2.45) is 17.8 Å². The molecular weight excluding hydrogens is 136 g/mol. The first-order valence-corrected chi connectivity index (χ1v) is 4.30. The molecule has 0 spiro atoms. The Hall–Kier alpha value is -0.590. The topological polar surface area (TPSA) is 17.1 Å². The molecule has 0 saturated carbocycles. The zero-order valence-corrected chi connectivity index (χ0v) is 7.50. The van der Waals surface area contributed by atoms with E-state index in [-0.39, 0.29) is 5.92 Å². The Morgan fingerprint density at radius 3 is 2.45 bits per heavy atom. The van der Waals surface area contributed by atoms with Crippen molar-refractivity contribution in [3.8, 4) is 0 Å². The molecule has 0 bridgehead atoms. The van der Waals surface area contributed by atoms with E-state index < -0.39 is 0 Å². The van der Waals surface area contributed by atoms with E-state index in [0.717, 1.165) is 6.42 Å². The van der Waals surface area contributed by atoms with Gasteiger partial charge in [0.05, 0.1) is 0 Å². The van der Waals surface area contributed by atoms with Crippen LogP contribution in [0.3, 0.4) is 0 Å². The summed E-state index contributed by atoms with van der Waals surface area (Å²) in [5, 5.41) is 0. The lowest BCUT2D eigenvalue weighted by Gasteiger charge is -2.25. The number of allylic oxidation sites excluding steroid dienone is 2. The molecule has 0 fully saturated rings. The summed E-state index contributed by atoms with van der Waals surface area (Å²) >= 11 is 0. The summed E-state index contributed by atoms with van der Waals surface area (Å²) in [6.07, 6.45) is 5.41. The fourth-order valence-corrected chi connectivity index (χ4v) is 1.73. The van der Waals surface area contributed by atoms with Crippen molar-refractivity contribution in [1.29, 1.82) is 0 Å². The normalized spacial score (nSPS) is 37.2. The van der Waals surface area contributed by atoms with Crippen LogP contribution in [-0.4, -0.2) is 5.78 Å². The second kappa shape index (κ2) is 3.21. The number of hydrogen-bond donors (Lipinski definition) is 0. The third-order valence-electron chi connectivity index (χ3n) is 2.53. The third kappa shape index (κ3) is 1.92. The predicted molar refractivity (Wildman–Crippen MR) is 46.3 cm³/mol. The number of ketones is 1. The largest absolute Gasteiger partial charge is 0.300 e. The smallest absolute Gasteiger partial charge is 0.133 e. The lowest BCUT2D eigenvalue weighted by Crippen LogP contribution is -2.23. The van der Waals surface area contributed by atoms with Gasteiger partial charge in [0.1, 0.15) is 5.78 Å². The Labute approximate surface area is 68.5 Å². The third-order valence-corrected chi connectivity index (χ3v) is 2.53. The van der Waals surface area contributed by atoms with Crippen LogP contribution in [0, 0.1) is 17.8 Å². The van der Waals surface area contributed by atoms with E-state index in [2.05, 4.69) is 26.0 Å². The summed E-state index contributed by atoms with van der Waals surface area (Å²) in [5.74, 6) is 1.65. The first kappa shape index (κ1) is 8.51. The molecular formula is C10H16O. The van der Waals surface area contributed by atoms with Crippen LogP contribution in [0.15, 0.2) is 12.2 Å². The zero-order valence-electron chi connectivity index (χ0n) is 7.50. The van der Waals surface area contributed by atoms with Crippen LogP contribution in [-0.2, 0) is 4.79 Å². The van der Waals surface area contributed by atoms with Crippen molar-refractivity contribution in [2.75, 3.05) is 0 Å². The molecule has 1 aliphatic carbocycles. The Morgan fingerprint density at radius 2 is 2.00 bits per heavy atom. The molecule has 0 aliphatic heterocycles. The van der Waals surface area contributed by atoms with Crippen molar-refractivity contribution in [2.45, 2.75) is 27.2 Å². The molecule has 0 saturated heterocycles. The molecule has 3 atom stereocenters. The standard InChI is InChI=1S/C10H16O/c1-7-4-5-8(2)10(6-7)9(3)11/h4-5,7-8,10H,6H2,1-3H3/t7-,8-,10+/m1/s1. The molecule has 0 unspecified atom stereocenters. The lowest BCUT2D eigenvalue weighted by molar-refractivity contribution is -0.122. The number of hydrogen-bond acceptors (Lipinski definition) is 1. The van der Waals surface area contributed by atoms with Gasteiger partial charge in [-0.1, -0.05) is 26.0 Å².